The molecule has 7 nitrogen and oxygen atoms in total. The van der Waals surface area contributed by atoms with Crippen LogP contribution in [0.4, 0.5) is 5.82 Å². The minimum absolute atomic E-state index is 0.0348. The molecule has 0 bridgehead atoms. The minimum Gasteiger partial charge on any atom is -0.360 e. The van der Waals surface area contributed by atoms with E-state index in [1.54, 1.807) is 6.92 Å². The molecule has 0 aliphatic heterocycles. The van der Waals surface area contributed by atoms with E-state index in [0.717, 1.165) is 25.7 Å². The highest BCUT2D eigenvalue weighted by Crippen LogP contribution is 2.23. The Bertz CT molecular complexity index is 576. The molecule has 1 fully saturated rings. The quantitative estimate of drug-likeness (QED) is 0.826. The molecule has 1 aliphatic carbocycles. The monoisotopic (exact) mass is 315 g/mol. The molecule has 1 aromatic heterocycles. The molecule has 2 rings (SSSR count). The number of carbonyl (C=O) groups is 1. The first-order chi connectivity index (χ1) is 9.96. The Morgan fingerprint density at radius 1 is 1.38 bits per heavy atom. The van der Waals surface area contributed by atoms with Crippen LogP contribution in [0.15, 0.2) is 10.6 Å². The van der Waals surface area contributed by atoms with E-state index in [-0.39, 0.29) is 29.9 Å². The molecule has 0 spiro atoms. The molecule has 8 heteroatoms. The van der Waals surface area contributed by atoms with Gasteiger partial charge in [0.1, 0.15) is 5.76 Å². The van der Waals surface area contributed by atoms with Crippen molar-refractivity contribution in [2.45, 2.75) is 39.0 Å². The van der Waals surface area contributed by atoms with Crippen LogP contribution >= 0.6 is 0 Å². The van der Waals surface area contributed by atoms with Crippen LogP contribution in [-0.4, -0.2) is 31.8 Å². The highest BCUT2D eigenvalue weighted by molar-refractivity contribution is 7.92. The first kappa shape index (κ1) is 15.8. The summed E-state index contributed by atoms with van der Waals surface area (Å²) in [6.07, 6.45) is 5.12. The number of hydrogen-bond donors (Lipinski definition) is 2. The maximum absolute atomic E-state index is 11.9. The summed E-state index contributed by atoms with van der Waals surface area (Å²) in [6, 6.07) is 1.50. The number of amides is 1. The summed E-state index contributed by atoms with van der Waals surface area (Å²) in [4.78, 5) is 11.9. The average Bonchev–Trinajstić information content (AvgIpc) is 2.84. The highest BCUT2D eigenvalue weighted by atomic mass is 32.2. The summed E-state index contributed by atoms with van der Waals surface area (Å²) >= 11 is 0. The predicted molar refractivity (Wildman–Crippen MR) is 78.2 cm³/mol. The lowest BCUT2D eigenvalue weighted by molar-refractivity contribution is -0.125. The minimum atomic E-state index is -3.53. The molecular weight excluding hydrogens is 294 g/mol. The summed E-state index contributed by atoms with van der Waals surface area (Å²) in [5.74, 6) is 0.497. The Morgan fingerprint density at radius 3 is 2.71 bits per heavy atom. The van der Waals surface area contributed by atoms with E-state index in [2.05, 4.69) is 15.2 Å². The third kappa shape index (κ3) is 5.04. The van der Waals surface area contributed by atoms with Crippen molar-refractivity contribution in [1.29, 1.82) is 0 Å². The van der Waals surface area contributed by atoms with E-state index >= 15 is 0 Å². The van der Waals surface area contributed by atoms with E-state index in [4.69, 9.17) is 4.52 Å². The molecule has 2 N–H and O–H groups in total. The number of nitrogens with zero attached hydrogens (tertiary/aromatic N) is 1. The van der Waals surface area contributed by atoms with E-state index in [1.807, 2.05) is 0 Å². The molecule has 1 aliphatic rings. The number of carbonyl (C=O) groups excluding carboxylic acids is 1. The van der Waals surface area contributed by atoms with Gasteiger partial charge in [-0.3, -0.25) is 9.52 Å². The molecule has 1 saturated carbocycles. The highest BCUT2D eigenvalue weighted by Gasteiger charge is 2.21. The fourth-order valence-electron chi connectivity index (χ4n) is 2.44. The van der Waals surface area contributed by atoms with Gasteiger partial charge in [0.15, 0.2) is 5.82 Å². The summed E-state index contributed by atoms with van der Waals surface area (Å²) < 4.78 is 30.7. The lowest BCUT2D eigenvalue weighted by Crippen LogP contribution is -2.36. The second kappa shape index (κ2) is 6.93. The van der Waals surface area contributed by atoms with Gasteiger partial charge in [0.25, 0.3) is 0 Å². The predicted octanol–water partition coefficient (Wildman–Crippen LogP) is 1.42. The smallest absolute Gasteiger partial charge is 0.235 e. The second-order valence-corrected chi connectivity index (χ2v) is 7.21. The van der Waals surface area contributed by atoms with E-state index in [1.165, 1.54) is 12.5 Å². The first-order valence-electron chi connectivity index (χ1n) is 7.18. The van der Waals surface area contributed by atoms with Crippen LogP contribution < -0.4 is 10.0 Å². The Morgan fingerprint density at radius 2 is 2.10 bits per heavy atom. The number of aromatic nitrogens is 1. The van der Waals surface area contributed by atoms with Gasteiger partial charge in [-0.05, 0) is 19.8 Å². The fourth-order valence-corrected chi connectivity index (χ4v) is 3.33. The standard InChI is InChI=1S/C13H21N3O4S/c1-10-9-12(15-20-10)16-21(18,19)8-7-14-13(17)11-5-3-2-4-6-11/h9,11H,2-8H2,1H3,(H,14,17)(H,15,16). The van der Waals surface area contributed by atoms with Crippen LogP contribution in [0.2, 0.25) is 0 Å². The summed E-state index contributed by atoms with van der Waals surface area (Å²) in [7, 11) is -3.53. The van der Waals surface area contributed by atoms with E-state index < -0.39 is 10.0 Å². The van der Waals surface area contributed by atoms with Crippen molar-refractivity contribution in [2.24, 2.45) is 5.92 Å². The van der Waals surface area contributed by atoms with E-state index in [9.17, 15) is 13.2 Å². The Labute approximate surface area is 124 Å². The molecule has 1 aromatic rings. The summed E-state index contributed by atoms with van der Waals surface area (Å²) in [5.41, 5.74) is 0. The lowest BCUT2D eigenvalue weighted by atomic mass is 9.89. The molecular formula is C13H21N3O4S. The molecule has 0 radical (unpaired) electrons. The van der Waals surface area contributed by atoms with Crippen LogP contribution in [0.25, 0.3) is 0 Å². The average molecular weight is 315 g/mol. The molecule has 1 heterocycles. The normalized spacial score (nSPS) is 16.6. The largest absolute Gasteiger partial charge is 0.360 e. The number of rotatable bonds is 6. The van der Waals surface area contributed by atoms with Crippen LogP contribution in [0.1, 0.15) is 37.9 Å². The molecule has 0 atom stereocenters. The Balaban J connectivity index is 1.75. The zero-order valence-electron chi connectivity index (χ0n) is 12.1. The number of nitrogens with one attached hydrogen (secondary N) is 2. The van der Waals surface area contributed by atoms with Crippen LogP contribution in [-0.2, 0) is 14.8 Å². The van der Waals surface area contributed by atoms with Gasteiger partial charge in [0.2, 0.25) is 15.9 Å². The van der Waals surface area contributed by atoms with Gasteiger partial charge in [0.05, 0.1) is 5.75 Å². The van der Waals surface area contributed by atoms with Gasteiger partial charge in [-0.1, -0.05) is 24.4 Å². The molecule has 0 unspecified atom stereocenters. The zero-order chi connectivity index (χ0) is 15.3. The summed E-state index contributed by atoms with van der Waals surface area (Å²) in [6.45, 7) is 1.77. The van der Waals surface area contributed by atoms with Crippen molar-refractivity contribution >= 4 is 21.7 Å². The van der Waals surface area contributed by atoms with Gasteiger partial charge < -0.3 is 9.84 Å². The van der Waals surface area contributed by atoms with Crippen molar-refractivity contribution in [2.75, 3.05) is 17.0 Å². The van der Waals surface area contributed by atoms with E-state index in [0.29, 0.717) is 5.76 Å². The van der Waals surface area contributed by atoms with Crippen LogP contribution in [0, 0.1) is 12.8 Å². The van der Waals surface area contributed by atoms with Gasteiger partial charge in [-0.15, -0.1) is 0 Å². The van der Waals surface area contributed by atoms with Gasteiger partial charge in [-0.2, -0.15) is 0 Å². The fraction of sp³-hybridized carbons (Fsp3) is 0.692. The maximum Gasteiger partial charge on any atom is 0.235 e. The molecule has 0 saturated heterocycles. The topological polar surface area (TPSA) is 101 Å². The van der Waals surface area contributed by atoms with Gasteiger partial charge in [-0.25, -0.2) is 8.42 Å². The van der Waals surface area contributed by atoms with Crippen molar-refractivity contribution < 1.29 is 17.7 Å². The summed E-state index contributed by atoms with van der Waals surface area (Å²) in [5, 5.41) is 6.26. The number of anilines is 1. The Hall–Kier alpha value is -1.57. The first-order valence-corrected chi connectivity index (χ1v) is 8.83. The number of hydrogen-bond acceptors (Lipinski definition) is 5. The van der Waals surface area contributed by atoms with Crippen LogP contribution in [0.3, 0.4) is 0 Å². The number of aryl methyl sites for hydroxylation is 1. The van der Waals surface area contributed by atoms with Crippen LogP contribution in [0.5, 0.6) is 0 Å². The lowest BCUT2D eigenvalue weighted by Gasteiger charge is -2.20. The third-order valence-corrected chi connectivity index (χ3v) is 4.80. The SMILES string of the molecule is Cc1cc(NS(=O)(=O)CCNC(=O)C2CCCCC2)no1. The maximum atomic E-state index is 11.9. The molecule has 0 aromatic carbocycles. The zero-order valence-corrected chi connectivity index (χ0v) is 12.9. The molecule has 21 heavy (non-hydrogen) atoms. The van der Waals surface area contributed by atoms with Gasteiger partial charge in [0, 0.05) is 18.5 Å². The molecule has 118 valence electrons. The third-order valence-electron chi connectivity index (χ3n) is 3.53. The molecule has 1 amide bonds. The Kier molecular flexibility index (Phi) is 5.22. The van der Waals surface area contributed by atoms with Gasteiger partial charge >= 0.3 is 0 Å². The van der Waals surface area contributed by atoms with Crippen molar-refractivity contribution in [3.8, 4) is 0 Å². The van der Waals surface area contributed by atoms with Crippen molar-refractivity contribution in [1.82, 2.24) is 10.5 Å². The second-order valence-electron chi connectivity index (χ2n) is 5.37. The van der Waals surface area contributed by atoms with Crippen molar-refractivity contribution in [3.63, 3.8) is 0 Å². The van der Waals surface area contributed by atoms with Crippen molar-refractivity contribution in [3.05, 3.63) is 11.8 Å². The number of sulfonamides is 1.